The first kappa shape index (κ1) is 26.2. The Morgan fingerprint density at radius 1 is 1.05 bits per heavy atom. The number of halogens is 4. The number of carbonyl (C=O) groups excluding carboxylic acids is 3. The third-order valence-electron chi connectivity index (χ3n) is 6.12. The van der Waals surface area contributed by atoms with E-state index in [1.165, 1.54) is 36.1 Å². The van der Waals surface area contributed by atoms with Crippen molar-refractivity contribution in [1.29, 1.82) is 0 Å². The number of nitrogens with two attached hydrogens (primary N) is 1. The Morgan fingerprint density at radius 3 is 2.35 bits per heavy atom. The summed E-state index contributed by atoms with van der Waals surface area (Å²) in [6.45, 7) is 1.73. The van der Waals surface area contributed by atoms with E-state index >= 15 is 0 Å². The smallest absolute Gasteiger partial charge is 0.416 e. The molecule has 1 aliphatic heterocycles. The molecule has 10 heteroatoms. The quantitative estimate of drug-likeness (QED) is 0.281. The molecule has 2 N–H and O–H groups in total. The van der Waals surface area contributed by atoms with Gasteiger partial charge in [-0.15, -0.1) is 11.6 Å². The van der Waals surface area contributed by atoms with Crippen molar-refractivity contribution in [2.45, 2.75) is 30.9 Å². The van der Waals surface area contributed by atoms with Crippen molar-refractivity contribution in [2.24, 2.45) is 5.73 Å². The lowest BCUT2D eigenvalue weighted by atomic mass is 9.91. The van der Waals surface area contributed by atoms with Gasteiger partial charge in [0.15, 0.2) is 0 Å². The van der Waals surface area contributed by atoms with Crippen LogP contribution in [0, 0.1) is 0 Å². The normalized spacial score (nSPS) is 16.0. The fraction of sp³-hybridized carbons (Fsp3) is 0.222. The van der Waals surface area contributed by atoms with Gasteiger partial charge in [0.05, 0.1) is 11.1 Å². The zero-order chi connectivity index (χ0) is 26.9. The van der Waals surface area contributed by atoms with Crippen LogP contribution in [0.15, 0.2) is 66.7 Å². The van der Waals surface area contributed by atoms with Crippen LogP contribution in [-0.2, 0) is 22.2 Å². The predicted octanol–water partition coefficient (Wildman–Crippen LogP) is 5.13. The number of carbonyl (C=O) groups is 3. The molecule has 192 valence electrons. The molecule has 3 aromatic rings. The molecule has 6 nitrogen and oxygen atoms in total. The molecule has 2 atom stereocenters. The SMILES string of the molecule is CC(Cl)C(=O)N1CCc2cc(OC(=O)c3ccccc3-c3ccc(C(F)(F)F)cc3)ccc2C1C(N)=O. The van der Waals surface area contributed by atoms with Crippen molar-refractivity contribution in [3.63, 3.8) is 0 Å². The molecular weight excluding hydrogens is 509 g/mol. The molecule has 0 saturated heterocycles. The Kier molecular flexibility index (Phi) is 7.27. The Hall–Kier alpha value is -3.85. The van der Waals surface area contributed by atoms with Gasteiger partial charge in [-0.2, -0.15) is 13.2 Å². The molecule has 2 unspecified atom stereocenters. The Bertz CT molecular complexity index is 1360. The summed E-state index contributed by atoms with van der Waals surface area (Å²) < 4.78 is 44.4. The molecule has 1 heterocycles. The molecule has 0 fully saturated rings. The van der Waals surface area contributed by atoms with Gasteiger partial charge < -0.3 is 15.4 Å². The van der Waals surface area contributed by atoms with Gasteiger partial charge in [0.25, 0.3) is 0 Å². The summed E-state index contributed by atoms with van der Waals surface area (Å²) >= 11 is 5.93. The number of hydrogen-bond acceptors (Lipinski definition) is 4. The fourth-order valence-corrected chi connectivity index (χ4v) is 4.48. The second-order valence-electron chi connectivity index (χ2n) is 8.57. The monoisotopic (exact) mass is 530 g/mol. The third-order valence-corrected chi connectivity index (χ3v) is 6.30. The van der Waals surface area contributed by atoms with Crippen LogP contribution in [0.2, 0.25) is 0 Å². The first-order valence-corrected chi connectivity index (χ1v) is 11.8. The number of esters is 1. The molecule has 0 radical (unpaired) electrons. The number of fused-ring (bicyclic) bond motifs is 1. The van der Waals surface area contributed by atoms with Gasteiger partial charge in [-0.3, -0.25) is 9.59 Å². The van der Waals surface area contributed by atoms with Crippen LogP contribution in [-0.4, -0.2) is 34.6 Å². The number of alkyl halides is 4. The summed E-state index contributed by atoms with van der Waals surface area (Å²) in [5, 5.41) is -0.826. The highest BCUT2D eigenvalue weighted by molar-refractivity contribution is 6.30. The van der Waals surface area contributed by atoms with Crippen LogP contribution < -0.4 is 10.5 Å². The number of rotatable bonds is 5. The van der Waals surface area contributed by atoms with Crippen molar-refractivity contribution < 1.29 is 32.3 Å². The average molecular weight is 531 g/mol. The van der Waals surface area contributed by atoms with Gasteiger partial charge in [-0.1, -0.05) is 36.4 Å². The molecular formula is C27H22ClF3N2O4. The van der Waals surface area contributed by atoms with E-state index in [1.54, 1.807) is 30.3 Å². The Balaban J connectivity index is 1.59. The molecule has 2 amide bonds. The maximum absolute atomic E-state index is 13.0. The average Bonchev–Trinajstić information content (AvgIpc) is 2.86. The lowest BCUT2D eigenvalue weighted by Crippen LogP contribution is -2.47. The second kappa shape index (κ2) is 10.3. The fourth-order valence-electron chi connectivity index (χ4n) is 4.35. The highest BCUT2D eigenvalue weighted by Gasteiger charge is 2.36. The molecule has 1 aliphatic rings. The van der Waals surface area contributed by atoms with Gasteiger partial charge in [0.2, 0.25) is 11.8 Å². The van der Waals surface area contributed by atoms with Gasteiger partial charge in [-0.05, 0) is 65.9 Å². The van der Waals surface area contributed by atoms with E-state index in [0.29, 0.717) is 28.7 Å². The number of primary amides is 1. The Labute approximate surface area is 215 Å². The lowest BCUT2D eigenvalue weighted by Gasteiger charge is -2.36. The van der Waals surface area contributed by atoms with Crippen LogP contribution in [0.25, 0.3) is 11.1 Å². The van der Waals surface area contributed by atoms with Gasteiger partial charge in [0, 0.05) is 6.54 Å². The van der Waals surface area contributed by atoms with Crippen LogP contribution >= 0.6 is 11.6 Å². The first-order valence-electron chi connectivity index (χ1n) is 11.3. The molecule has 0 saturated carbocycles. The zero-order valence-electron chi connectivity index (χ0n) is 19.6. The van der Waals surface area contributed by atoms with Crippen LogP contribution in [0.1, 0.15) is 40.0 Å². The number of benzene rings is 3. The maximum atomic E-state index is 13.0. The van der Waals surface area contributed by atoms with E-state index in [4.69, 9.17) is 22.1 Å². The maximum Gasteiger partial charge on any atom is 0.416 e. The largest absolute Gasteiger partial charge is 0.423 e. The highest BCUT2D eigenvalue weighted by Crippen LogP contribution is 2.34. The van der Waals surface area contributed by atoms with Crippen molar-refractivity contribution in [3.05, 3.63) is 89.0 Å². The van der Waals surface area contributed by atoms with E-state index in [1.807, 2.05) is 0 Å². The minimum absolute atomic E-state index is 0.169. The van der Waals surface area contributed by atoms with Crippen molar-refractivity contribution in [3.8, 4) is 16.9 Å². The van der Waals surface area contributed by atoms with Crippen LogP contribution in [0.5, 0.6) is 5.75 Å². The van der Waals surface area contributed by atoms with E-state index < -0.39 is 40.9 Å². The first-order chi connectivity index (χ1) is 17.5. The molecule has 3 aromatic carbocycles. The van der Waals surface area contributed by atoms with Crippen molar-refractivity contribution in [1.82, 2.24) is 4.90 Å². The lowest BCUT2D eigenvalue weighted by molar-refractivity contribution is -0.139. The minimum Gasteiger partial charge on any atom is -0.423 e. The second-order valence-corrected chi connectivity index (χ2v) is 9.23. The summed E-state index contributed by atoms with van der Waals surface area (Å²) in [5.74, 6) is -1.61. The zero-order valence-corrected chi connectivity index (χ0v) is 20.3. The van der Waals surface area contributed by atoms with Crippen LogP contribution in [0.4, 0.5) is 13.2 Å². The van der Waals surface area contributed by atoms with E-state index in [-0.39, 0.29) is 17.9 Å². The summed E-state index contributed by atoms with van der Waals surface area (Å²) in [6.07, 6.45) is -4.08. The molecule has 0 bridgehead atoms. The molecule has 0 aliphatic carbocycles. The van der Waals surface area contributed by atoms with E-state index in [2.05, 4.69) is 0 Å². The van der Waals surface area contributed by atoms with Gasteiger partial charge in [0.1, 0.15) is 17.2 Å². The van der Waals surface area contributed by atoms with E-state index in [9.17, 15) is 27.6 Å². The molecule has 0 spiro atoms. The standard InChI is InChI=1S/C27H22ClF3N2O4/c1-15(28)25(35)33-13-12-17-14-19(10-11-21(17)23(33)24(32)34)37-26(36)22-5-3-2-4-20(22)16-6-8-18(9-7-16)27(29,30)31/h2-11,14-15,23H,12-13H2,1H3,(H2,32,34). The third kappa shape index (κ3) is 5.46. The molecule has 37 heavy (non-hydrogen) atoms. The molecule has 4 rings (SSSR count). The highest BCUT2D eigenvalue weighted by atomic mass is 35.5. The summed E-state index contributed by atoms with van der Waals surface area (Å²) in [5.41, 5.74) is 7.02. The number of hydrogen-bond donors (Lipinski definition) is 1. The predicted molar refractivity (Wildman–Crippen MR) is 131 cm³/mol. The number of amides is 2. The summed E-state index contributed by atoms with van der Waals surface area (Å²) in [4.78, 5) is 39.0. The van der Waals surface area contributed by atoms with Gasteiger partial charge in [-0.25, -0.2) is 4.79 Å². The van der Waals surface area contributed by atoms with E-state index in [0.717, 1.165) is 12.1 Å². The van der Waals surface area contributed by atoms with Crippen LogP contribution in [0.3, 0.4) is 0 Å². The minimum atomic E-state index is -4.47. The molecule has 0 aromatic heterocycles. The summed E-state index contributed by atoms with van der Waals surface area (Å²) in [6, 6.07) is 14.6. The van der Waals surface area contributed by atoms with Crippen molar-refractivity contribution >= 4 is 29.4 Å². The summed E-state index contributed by atoms with van der Waals surface area (Å²) in [7, 11) is 0. The number of nitrogens with zero attached hydrogens (tertiary/aromatic N) is 1. The number of ether oxygens (including phenoxy) is 1. The van der Waals surface area contributed by atoms with Crippen molar-refractivity contribution in [2.75, 3.05) is 6.54 Å². The van der Waals surface area contributed by atoms with Gasteiger partial charge >= 0.3 is 12.1 Å². The Morgan fingerprint density at radius 2 is 1.73 bits per heavy atom. The topological polar surface area (TPSA) is 89.7 Å².